The molecule has 0 saturated heterocycles. The first-order valence-corrected chi connectivity index (χ1v) is 7.19. The molecule has 22 heavy (non-hydrogen) atoms. The van der Waals surface area contributed by atoms with Crippen LogP contribution in [0.2, 0.25) is 5.02 Å². The zero-order valence-corrected chi connectivity index (χ0v) is 12.9. The van der Waals surface area contributed by atoms with Gasteiger partial charge in [-0.25, -0.2) is 4.98 Å². The molecule has 6 heteroatoms. The van der Waals surface area contributed by atoms with Crippen molar-refractivity contribution in [3.63, 3.8) is 0 Å². The molecule has 1 aromatic heterocycles. The van der Waals surface area contributed by atoms with Gasteiger partial charge in [-0.2, -0.15) is 4.98 Å². The van der Waals surface area contributed by atoms with Crippen LogP contribution in [0.3, 0.4) is 0 Å². The Hall–Kier alpha value is -2.53. The van der Waals surface area contributed by atoms with Gasteiger partial charge in [0.25, 0.3) is 0 Å². The van der Waals surface area contributed by atoms with Crippen LogP contribution in [-0.2, 0) is 6.54 Å². The van der Waals surface area contributed by atoms with Gasteiger partial charge in [-0.1, -0.05) is 23.7 Å². The molecule has 4 N–H and O–H groups in total. The molecule has 0 atom stereocenters. The average molecular weight is 314 g/mol. The predicted molar refractivity (Wildman–Crippen MR) is 91.9 cm³/mol. The van der Waals surface area contributed by atoms with E-state index in [0.717, 1.165) is 33.7 Å². The summed E-state index contributed by atoms with van der Waals surface area (Å²) < 4.78 is 0. The Morgan fingerprint density at radius 1 is 1.09 bits per heavy atom. The maximum atomic E-state index is 6.03. The normalized spacial score (nSPS) is 10.8. The highest BCUT2D eigenvalue weighted by Gasteiger charge is 2.07. The van der Waals surface area contributed by atoms with Crippen molar-refractivity contribution in [1.82, 2.24) is 9.97 Å². The maximum Gasteiger partial charge on any atom is 0.222 e. The number of hydrogen-bond acceptors (Lipinski definition) is 5. The smallest absolute Gasteiger partial charge is 0.222 e. The Bertz CT molecular complexity index is 834. The summed E-state index contributed by atoms with van der Waals surface area (Å²) >= 11 is 6.03. The SMILES string of the molecule is CN(Cc1ccc2nc(N)nc(N)c2c1)c1cccc(Cl)c1. The number of benzene rings is 2. The number of aromatic nitrogens is 2. The largest absolute Gasteiger partial charge is 0.383 e. The van der Waals surface area contributed by atoms with E-state index in [-0.39, 0.29) is 5.95 Å². The van der Waals surface area contributed by atoms with Crippen molar-refractivity contribution in [2.75, 3.05) is 23.4 Å². The lowest BCUT2D eigenvalue weighted by Gasteiger charge is -2.20. The lowest BCUT2D eigenvalue weighted by molar-refractivity contribution is 0.924. The van der Waals surface area contributed by atoms with Gasteiger partial charge in [-0.05, 0) is 35.9 Å². The zero-order chi connectivity index (χ0) is 15.7. The molecule has 0 aliphatic carbocycles. The van der Waals surface area contributed by atoms with Crippen LogP contribution in [0.5, 0.6) is 0 Å². The number of hydrogen-bond donors (Lipinski definition) is 2. The van der Waals surface area contributed by atoms with Crippen molar-refractivity contribution in [2.24, 2.45) is 0 Å². The van der Waals surface area contributed by atoms with Crippen molar-refractivity contribution < 1.29 is 0 Å². The molecular weight excluding hydrogens is 298 g/mol. The molecule has 0 saturated carbocycles. The molecule has 0 bridgehead atoms. The summed E-state index contributed by atoms with van der Waals surface area (Å²) in [5.41, 5.74) is 14.4. The van der Waals surface area contributed by atoms with E-state index >= 15 is 0 Å². The first-order valence-electron chi connectivity index (χ1n) is 6.81. The number of nitrogens with zero attached hydrogens (tertiary/aromatic N) is 3. The topological polar surface area (TPSA) is 81.1 Å². The minimum absolute atomic E-state index is 0.189. The van der Waals surface area contributed by atoms with Crippen LogP contribution in [0.15, 0.2) is 42.5 Å². The minimum Gasteiger partial charge on any atom is -0.383 e. The van der Waals surface area contributed by atoms with E-state index in [9.17, 15) is 0 Å². The van der Waals surface area contributed by atoms with Crippen LogP contribution in [0.25, 0.3) is 10.9 Å². The number of rotatable bonds is 3. The van der Waals surface area contributed by atoms with Gasteiger partial charge < -0.3 is 16.4 Å². The quantitative estimate of drug-likeness (QED) is 0.776. The molecule has 2 aromatic carbocycles. The van der Waals surface area contributed by atoms with Gasteiger partial charge in [0, 0.05) is 29.7 Å². The summed E-state index contributed by atoms with van der Waals surface area (Å²) in [7, 11) is 2.01. The molecule has 3 rings (SSSR count). The highest BCUT2D eigenvalue weighted by molar-refractivity contribution is 6.30. The fourth-order valence-corrected chi connectivity index (χ4v) is 2.58. The van der Waals surface area contributed by atoms with Gasteiger partial charge in [0.2, 0.25) is 5.95 Å². The lowest BCUT2D eigenvalue weighted by Crippen LogP contribution is -2.16. The Kier molecular flexibility index (Phi) is 3.73. The van der Waals surface area contributed by atoms with Crippen molar-refractivity contribution in [3.05, 3.63) is 53.1 Å². The Labute approximate surface area is 133 Å². The Morgan fingerprint density at radius 2 is 1.91 bits per heavy atom. The number of halogens is 1. The van der Waals surface area contributed by atoms with E-state index < -0.39 is 0 Å². The van der Waals surface area contributed by atoms with Crippen LogP contribution < -0.4 is 16.4 Å². The molecule has 112 valence electrons. The molecule has 0 radical (unpaired) electrons. The van der Waals surface area contributed by atoms with E-state index in [0.29, 0.717) is 5.82 Å². The van der Waals surface area contributed by atoms with Crippen molar-refractivity contribution in [1.29, 1.82) is 0 Å². The van der Waals surface area contributed by atoms with Crippen molar-refractivity contribution in [2.45, 2.75) is 6.54 Å². The summed E-state index contributed by atoms with van der Waals surface area (Å²) in [6.45, 7) is 0.722. The first kappa shape index (κ1) is 14.4. The summed E-state index contributed by atoms with van der Waals surface area (Å²) in [5, 5.41) is 1.53. The lowest BCUT2D eigenvalue weighted by atomic mass is 10.1. The van der Waals surface area contributed by atoms with Crippen LogP contribution in [-0.4, -0.2) is 17.0 Å². The number of fused-ring (bicyclic) bond motifs is 1. The average Bonchev–Trinajstić information content (AvgIpc) is 2.48. The third kappa shape index (κ3) is 2.89. The number of nitrogens with two attached hydrogens (primary N) is 2. The summed E-state index contributed by atoms with van der Waals surface area (Å²) in [5.74, 6) is 0.587. The molecule has 0 aliphatic rings. The fourth-order valence-electron chi connectivity index (χ4n) is 2.39. The summed E-state index contributed by atoms with van der Waals surface area (Å²) in [6, 6.07) is 13.7. The fraction of sp³-hybridized carbons (Fsp3) is 0.125. The van der Waals surface area contributed by atoms with Gasteiger partial charge >= 0.3 is 0 Å². The minimum atomic E-state index is 0.189. The van der Waals surface area contributed by atoms with Gasteiger partial charge in [0.05, 0.1) is 5.52 Å². The highest BCUT2D eigenvalue weighted by Crippen LogP contribution is 2.23. The molecule has 0 amide bonds. The van der Waals surface area contributed by atoms with E-state index in [1.807, 2.05) is 49.5 Å². The van der Waals surface area contributed by atoms with E-state index in [1.54, 1.807) is 0 Å². The van der Waals surface area contributed by atoms with Crippen LogP contribution >= 0.6 is 11.6 Å². The second-order valence-corrected chi connectivity index (χ2v) is 5.59. The van der Waals surface area contributed by atoms with Gasteiger partial charge in [0.1, 0.15) is 5.82 Å². The summed E-state index contributed by atoms with van der Waals surface area (Å²) in [4.78, 5) is 10.3. The van der Waals surface area contributed by atoms with E-state index in [4.69, 9.17) is 23.1 Å². The third-order valence-corrected chi connectivity index (χ3v) is 3.71. The van der Waals surface area contributed by atoms with Crippen LogP contribution in [0.4, 0.5) is 17.5 Å². The molecule has 0 aliphatic heterocycles. The molecule has 0 spiro atoms. The Balaban J connectivity index is 1.91. The van der Waals surface area contributed by atoms with Crippen molar-refractivity contribution in [3.8, 4) is 0 Å². The summed E-state index contributed by atoms with van der Waals surface area (Å²) in [6.07, 6.45) is 0. The third-order valence-electron chi connectivity index (χ3n) is 3.48. The van der Waals surface area contributed by atoms with Crippen LogP contribution in [0.1, 0.15) is 5.56 Å². The molecule has 3 aromatic rings. The Morgan fingerprint density at radius 3 is 2.68 bits per heavy atom. The molecule has 5 nitrogen and oxygen atoms in total. The second-order valence-electron chi connectivity index (χ2n) is 5.15. The predicted octanol–water partition coefficient (Wildman–Crippen LogP) is 3.08. The second kappa shape index (κ2) is 5.69. The monoisotopic (exact) mass is 313 g/mol. The van der Waals surface area contributed by atoms with Gasteiger partial charge in [0.15, 0.2) is 0 Å². The number of nitrogen functional groups attached to an aromatic ring is 2. The molecule has 0 fully saturated rings. The molecule has 1 heterocycles. The molecule has 0 unspecified atom stereocenters. The van der Waals surface area contributed by atoms with Crippen molar-refractivity contribution >= 4 is 40.0 Å². The van der Waals surface area contributed by atoms with Gasteiger partial charge in [-0.15, -0.1) is 0 Å². The van der Waals surface area contributed by atoms with Crippen LogP contribution in [0, 0.1) is 0 Å². The maximum absolute atomic E-state index is 6.03. The highest BCUT2D eigenvalue weighted by atomic mass is 35.5. The molecular formula is C16H16ClN5. The first-order chi connectivity index (χ1) is 10.5. The van der Waals surface area contributed by atoms with E-state index in [2.05, 4.69) is 14.9 Å². The zero-order valence-electron chi connectivity index (χ0n) is 12.1. The number of anilines is 3. The van der Waals surface area contributed by atoms with Gasteiger partial charge in [-0.3, -0.25) is 0 Å². The van der Waals surface area contributed by atoms with E-state index in [1.165, 1.54) is 0 Å². The standard InChI is InChI=1S/C16H16ClN5/c1-22(12-4-2-3-11(17)8-12)9-10-5-6-14-13(7-10)15(18)21-16(19)20-14/h2-8H,9H2,1H3,(H4,18,19,20,21).